The van der Waals surface area contributed by atoms with Gasteiger partial charge in [0.25, 0.3) is 0 Å². The van der Waals surface area contributed by atoms with Gasteiger partial charge in [-0.25, -0.2) is 0 Å². The van der Waals surface area contributed by atoms with Crippen LogP contribution in [-0.2, 0) is 13.6 Å². The van der Waals surface area contributed by atoms with E-state index in [4.69, 9.17) is 9.05 Å². The highest BCUT2D eigenvalue weighted by Gasteiger charge is 2.34. The molecule has 158 valence electrons. The molecule has 0 saturated heterocycles. The zero-order valence-corrected chi connectivity index (χ0v) is 19.1. The van der Waals surface area contributed by atoms with E-state index in [2.05, 4.69) is 19.6 Å². The van der Waals surface area contributed by atoms with E-state index < -0.39 is 18.7 Å². The molecule has 0 rings (SSSR count). The first-order chi connectivity index (χ1) is 12.5. The van der Waals surface area contributed by atoms with Gasteiger partial charge in [-0.2, -0.15) is 12.6 Å². The van der Waals surface area contributed by atoms with Crippen LogP contribution in [0.25, 0.3) is 0 Å². The summed E-state index contributed by atoms with van der Waals surface area (Å²) in [5, 5.41) is 10.2. The number of thiol groups is 1. The molecular formula is C20H43O4PS. The van der Waals surface area contributed by atoms with E-state index in [9.17, 15) is 9.67 Å². The molecule has 0 aliphatic rings. The first-order valence-corrected chi connectivity index (χ1v) is 12.9. The summed E-state index contributed by atoms with van der Waals surface area (Å²) in [7, 11) is -3.23. The number of hydrogen-bond acceptors (Lipinski definition) is 5. The quantitative estimate of drug-likeness (QED) is 0.137. The van der Waals surface area contributed by atoms with Crippen molar-refractivity contribution in [3.8, 4) is 0 Å². The normalized spacial score (nSPS) is 14.5. The first-order valence-electron chi connectivity index (χ1n) is 10.7. The summed E-state index contributed by atoms with van der Waals surface area (Å²) in [6.07, 6.45) is 14.8. The molecule has 0 fully saturated rings. The lowest BCUT2D eigenvalue weighted by Gasteiger charge is -2.24. The van der Waals surface area contributed by atoms with Crippen LogP contribution in [-0.4, -0.2) is 29.4 Å². The highest BCUT2D eigenvalue weighted by molar-refractivity contribution is 7.89. The lowest BCUT2D eigenvalue weighted by Crippen LogP contribution is -2.16. The Morgan fingerprint density at radius 3 is 1.65 bits per heavy atom. The zero-order valence-electron chi connectivity index (χ0n) is 17.3. The third-order valence-electron chi connectivity index (χ3n) is 4.61. The summed E-state index contributed by atoms with van der Waals surface area (Å²) in [6.45, 7) is 6.47. The number of aliphatic hydroxyl groups is 1. The number of hydrogen-bond donors (Lipinski definition) is 2. The summed E-state index contributed by atoms with van der Waals surface area (Å²) in [4.78, 5) is -0.565. The Kier molecular flexibility index (Phi) is 17.9. The minimum Gasteiger partial charge on any atom is -0.393 e. The first kappa shape index (κ1) is 26.5. The summed E-state index contributed by atoms with van der Waals surface area (Å²) in [5.74, 6) is 0. The van der Waals surface area contributed by atoms with Crippen molar-refractivity contribution < 1.29 is 18.7 Å². The molecule has 0 spiro atoms. The molecule has 0 aromatic rings. The molecule has 1 N–H and O–H groups in total. The largest absolute Gasteiger partial charge is 0.393 e. The van der Waals surface area contributed by atoms with Gasteiger partial charge in [-0.3, -0.25) is 4.57 Å². The van der Waals surface area contributed by atoms with Gasteiger partial charge in [-0.05, 0) is 26.7 Å². The average Bonchev–Trinajstić information content (AvgIpc) is 2.60. The van der Waals surface area contributed by atoms with Gasteiger partial charge in [-0.1, -0.05) is 77.6 Å². The van der Waals surface area contributed by atoms with E-state index >= 15 is 0 Å². The van der Waals surface area contributed by atoms with Gasteiger partial charge >= 0.3 is 7.60 Å². The second kappa shape index (κ2) is 17.6. The van der Waals surface area contributed by atoms with Crippen LogP contribution in [0.4, 0.5) is 0 Å². The molecule has 0 aliphatic carbocycles. The van der Waals surface area contributed by atoms with Crippen molar-refractivity contribution >= 4 is 20.2 Å². The molecule has 2 atom stereocenters. The van der Waals surface area contributed by atoms with Crippen molar-refractivity contribution in [3.63, 3.8) is 0 Å². The lowest BCUT2D eigenvalue weighted by atomic mass is 10.0. The van der Waals surface area contributed by atoms with Crippen LogP contribution in [0.2, 0.25) is 0 Å². The van der Waals surface area contributed by atoms with Crippen LogP contribution in [0.1, 0.15) is 104 Å². The van der Waals surface area contributed by atoms with Gasteiger partial charge < -0.3 is 14.2 Å². The molecule has 0 saturated carbocycles. The van der Waals surface area contributed by atoms with E-state index in [1.165, 1.54) is 57.8 Å². The maximum Gasteiger partial charge on any atom is 0.343 e. The van der Waals surface area contributed by atoms with Gasteiger partial charge in [0.1, 0.15) is 4.99 Å². The molecule has 0 heterocycles. The van der Waals surface area contributed by atoms with Crippen LogP contribution in [0, 0.1) is 0 Å². The highest BCUT2D eigenvalue weighted by Crippen LogP contribution is 2.56. The van der Waals surface area contributed by atoms with Crippen molar-refractivity contribution in [2.24, 2.45) is 0 Å². The summed E-state index contributed by atoms with van der Waals surface area (Å²) in [5.41, 5.74) is 0. The van der Waals surface area contributed by atoms with Crippen molar-refractivity contribution in [1.29, 1.82) is 0 Å². The van der Waals surface area contributed by atoms with Crippen LogP contribution in [0.5, 0.6) is 0 Å². The molecule has 6 heteroatoms. The number of rotatable bonds is 19. The third kappa shape index (κ3) is 13.6. The Hall–Kier alpha value is 0.460. The molecule has 4 nitrogen and oxygen atoms in total. The predicted octanol–water partition coefficient (Wildman–Crippen LogP) is 6.96. The van der Waals surface area contributed by atoms with Crippen molar-refractivity contribution in [2.45, 2.75) is 115 Å². The minimum atomic E-state index is -3.23. The maximum atomic E-state index is 12.6. The van der Waals surface area contributed by atoms with Crippen molar-refractivity contribution in [3.05, 3.63) is 0 Å². The van der Waals surface area contributed by atoms with E-state index in [-0.39, 0.29) is 0 Å². The number of unbranched alkanes of at least 4 members (excludes halogenated alkanes) is 10. The standard InChI is InChI=1S/C20H43O4PS/c1-4-7-8-9-10-11-12-13-14-15-16-17-19(21)18-20(26)25(22,23-5-2)24-6-3/h19-21,26H,4-18H2,1-3H3. The molecule has 0 aliphatic heterocycles. The Bertz CT molecular complexity index is 345. The topological polar surface area (TPSA) is 55.8 Å². The third-order valence-corrected chi connectivity index (χ3v) is 7.84. The van der Waals surface area contributed by atoms with E-state index in [1.54, 1.807) is 13.8 Å². The molecule has 26 heavy (non-hydrogen) atoms. The van der Waals surface area contributed by atoms with Gasteiger partial charge in [0, 0.05) is 0 Å². The van der Waals surface area contributed by atoms with Gasteiger partial charge in [0.2, 0.25) is 0 Å². The van der Waals surface area contributed by atoms with Crippen LogP contribution in [0.3, 0.4) is 0 Å². The van der Waals surface area contributed by atoms with E-state index in [0.29, 0.717) is 19.6 Å². The Balaban J connectivity index is 3.70. The molecule has 0 amide bonds. The minimum absolute atomic E-state index is 0.322. The molecule has 0 aromatic carbocycles. The maximum absolute atomic E-state index is 12.6. The molecule has 0 bridgehead atoms. The van der Waals surface area contributed by atoms with Crippen LogP contribution < -0.4 is 0 Å². The smallest absolute Gasteiger partial charge is 0.343 e. The second-order valence-corrected chi connectivity index (χ2v) is 10.3. The highest BCUT2D eigenvalue weighted by atomic mass is 32.1. The zero-order chi connectivity index (χ0) is 19.7. The lowest BCUT2D eigenvalue weighted by molar-refractivity contribution is 0.148. The summed E-state index contributed by atoms with van der Waals surface area (Å²) in [6, 6.07) is 0. The van der Waals surface area contributed by atoms with Gasteiger partial charge in [0.15, 0.2) is 0 Å². The SMILES string of the molecule is CCCCCCCCCCCCCC(O)CC(S)P(=O)(OCC)OCC. The van der Waals surface area contributed by atoms with Crippen LogP contribution in [0.15, 0.2) is 0 Å². The van der Waals surface area contributed by atoms with Crippen molar-refractivity contribution in [2.75, 3.05) is 13.2 Å². The summed E-state index contributed by atoms with van der Waals surface area (Å²) >= 11 is 4.38. The monoisotopic (exact) mass is 410 g/mol. The Morgan fingerprint density at radius 2 is 1.23 bits per heavy atom. The Morgan fingerprint density at radius 1 is 0.808 bits per heavy atom. The second-order valence-electron chi connectivity index (χ2n) is 7.07. The number of aliphatic hydroxyl groups excluding tert-OH is 1. The fourth-order valence-corrected chi connectivity index (χ4v) is 5.39. The fourth-order valence-electron chi connectivity index (χ4n) is 3.10. The van der Waals surface area contributed by atoms with E-state index in [1.807, 2.05) is 0 Å². The molecular weight excluding hydrogens is 367 g/mol. The Labute approximate surface area is 167 Å². The predicted molar refractivity (Wildman–Crippen MR) is 115 cm³/mol. The van der Waals surface area contributed by atoms with Gasteiger partial charge in [-0.15, -0.1) is 0 Å². The molecule has 0 aromatic heterocycles. The average molecular weight is 411 g/mol. The van der Waals surface area contributed by atoms with Gasteiger partial charge in [0.05, 0.1) is 19.3 Å². The molecule has 2 unspecified atom stereocenters. The molecule has 0 radical (unpaired) electrons. The fraction of sp³-hybridized carbons (Fsp3) is 1.00. The van der Waals surface area contributed by atoms with Crippen molar-refractivity contribution in [1.82, 2.24) is 0 Å². The van der Waals surface area contributed by atoms with Crippen LogP contribution >= 0.6 is 20.2 Å². The summed E-state index contributed by atoms with van der Waals surface area (Å²) < 4.78 is 23.2. The van der Waals surface area contributed by atoms with E-state index in [0.717, 1.165) is 19.3 Å².